The summed E-state index contributed by atoms with van der Waals surface area (Å²) in [6.45, 7) is 0.738. The molecule has 1 saturated heterocycles. The van der Waals surface area contributed by atoms with Crippen LogP contribution >= 0.6 is 11.8 Å². The van der Waals surface area contributed by atoms with Crippen molar-refractivity contribution in [3.63, 3.8) is 0 Å². The van der Waals surface area contributed by atoms with E-state index in [4.69, 9.17) is 0 Å². The van der Waals surface area contributed by atoms with Gasteiger partial charge >= 0.3 is 5.97 Å². The van der Waals surface area contributed by atoms with Crippen molar-refractivity contribution in [1.29, 1.82) is 0 Å². The number of carbonyl (C=O) groups is 1. The molecule has 4 rings (SSSR count). The molecule has 0 aromatic heterocycles. The number of carboxylic acids is 1. The van der Waals surface area contributed by atoms with E-state index in [1.54, 1.807) is 0 Å². The first-order chi connectivity index (χ1) is 11.2. The van der Waals surface area contributed by atoms with Crippen LogP contribution in [0.4, 0.5) is 0 Å². The Morgan fingerprint density at radius 2 is 2.13 bits per heavy atom. The van der Waals surface area contributed by atoms with Gasteiger partial charge in [0.1, 0.15) is 0 Å². The molecular formula is C19H19NO2S. The molecule has 4 heteroatoms. The van der Waals surface area contributed by atoms with Crippen LogP contribution in [0, 0.1) is 11.8 Å². The van der Waals surface area contributed by atoms with Crippen molar-refractivity contribution in [2.75, 3.05) is 6.54 Å². The minimum Gasteiger partial charge on any atom is -0.481 e. The summed E-state index contributed by atoms with van der Waals surface area (Å²) in [5.74, 6) is -0.848. The van der Waals surface area contributed by atoms with Gasteiger partial charge in [-0.05, 0) is 30.4 Å². The van der Waals surface area contributed by atoms with Crippen molar-refractivity contribution >= 4 is 23.4 Å². The highest BCUT2D eigenvalue weighted by atomic mass is 32.2. The van der Waals surface area contributed by atoms with Gasteiger partial charge in [0.15, 0.2) is 0 Å². The molecule has 4 atom stereocenters. The van der Waals surface area contributed by atoms with E-state index in [1.165, 1.54) is 5.56 Å². The molecule has 1 aromatic carbocycles. The topological polar surface area (TPSA) is 49.7 Å². The number of nitrogens with zero attached hydrogens (tertiary/aromatic N) is 1. The van der Waals surface area contributed by atoms with Gasteiger partial charge in [-0.1, -0.05) is 48.6 Å². The highest BCUT2D eigenvalue weighted by Crippen LogP contribution is 2.57. The molecule has 118 valence electrons. The molecule has 1 aromatic rings. The SMILES string of the molecule is O=C(O)C1C(Cc2ccccc2)SC23C=CC=CC2=NCCC13. The Labute approximate surface area is 140 Å². The molecule has 23 heavy (non-hydrogen) atoms. The van der Waals surface area contributed by atoms with Gasteiger partial charge in [0.25, 0.3) is 0 Å². The lowest BCUT2D eigenvalue weighted by atomic mass is 9.72. The zero-order chi connectivity index (χ0) is 15.9. The van der Waals surface area contributed by atoms with Gasteiger partial charge in [-0.2, -0.15) is 0 Å². The van der Waals surface area contributed by atoms with E-state index in [1.807, 2.05) is 42.1 Å². The van der Waals surface area contributed by atoms with Crippen molar-refractivity contribution in [3.05, 3.63) is 60.2 Å². The largest absolute Gasteiger partial charge is 0.481 e. The van der Waals surface area contributed by atoms with Gasteiger partial charge < -0.3 is 5.11 Å². The smallest absolute Gasteiger partial charge is 0.307 e. The summed E-state index contributed by atoms with van der Waals surface area (Å²) in [7, 11) is 0. The molecule has 0 bridgehead atoms. The van der Waals surface area contributed by atoms with E-state index in [-0.39, 0.29) is 21.8 Å². The van der Waals surface area contributed by atoms with Gasteiger partial charge in [0.2, 0.25) is 0 Å². The van der Waals surface area contributed by atoms with E-state index < -0.39 is 5.97 Å². The first kappa shape index (κ1) is 14.8. The summed E-state index contributed by atoms with van der Waals surface area (Å²) in [6, 6.07) is 10.2. The third kappa shape index (κ3) is 2.36. The zero-order valence-electron chi connectivity index (χ0n) is 12.8. The number of thioether (sulfide) groups is 1. The van der Waals surface area contributed by atoms with Crippen LogP contribution in [0.3, 0.4) is 0 Å². The second-order valence-corrected chi connectivity index (χ2v) is 7.90. The number of hydrogen-bond donors (Lipinski definition) is 1. The standard InChI is InChI=1S/C19H19NO2S/c21-18(22)17-14-9-11-20-16-8-4-5-10-19(14,16)23-15(17)12-13-6-2-1-3-7-13/h1-8,10,14-15,17H,9,11-12H2,(H,21,22). The van der Waals surface area contributed by atoms with E-state index in [2.05, 4.69) is 29.3 Å². The van der Waals surface area contributed by atoms with Crippen LogP contribution in [0.1, 0.15) is 12.0 Å². The maximum Gasteiger partial charge on any atom is 0.307 e. The fraction of sp³-hybridized carbons (Fsp3) is 0.368. The maximum atomic E-state index is 12.0. The Balaban J connectivity index is 1.71. The molecule has 2 heterocycles. The van der Waals surface area contributed by atoms with Gasteiger partial charge in [0.05, 0.1) is 16.4 Å². The Hall–Kier alpha value is -1.81. The molecule has 0 amide bonds. The summed E-state index contributed by atoms with van der Waals surface area (Å²) in [6.07, 6.45) is 9.95. The average molecular weight is 325 g/mol. The lowest BCUT2D eigenvalue weighted by Crippen LogP contribution is -2.44. The number of rotatable bonds is 3. The third-order valence-electron chi connectivity index (χ3n) is 5.13. The van der Waals surface area contributed by atoms with Gasteiger partial charge in [-0.3, -0.25) is 9.79 Å². The van der Waals surface area contributed by atoms with Crippen LogP contribution in [0.15, 0.2) is 59.6 Å². The Kier molecular flexibility index (Phi) is 3.64. The molecule has 2 aliphatic heterocycles. The number of aliphatic carboxylic acids is 1. The van der Waals surface area contributed by atoms with Crippen molar-refractivity contribution in [1.82, 2.24) is 0 Å². The predicted molar refractivity (Wildman–Crippen MR) is 94.1 cm³/mol. The summed E-state index contributed by atoms with van der Waals surface area (Å²) in [4.78, 5) is 16.7. The minimum atomic E-state index is -0.662. The minimum absolute atomic E-state index is 0.0827. The number of aliphatic imine (C=N–C) groups is 1. The molecule has 4 unspecified atom stereocenters. The van der Waals surface area contributed by atoms with E-state index in [0.717, 1.165) is 25.1 Å². The Morgan fingerprint density at radius 1 is 1.30 bits per heavy atom. The summed E-state index contributed by atoms with van der Waals surface area (Å²) in [5.41, 5.74) is 2.27. The summed E-state index contributed by atoms with van der Waals surface area (Å²) in [5, 5.41) is 9.97. The summed E-state index contributed by atoms with van der Waals surface area (Å²) < 4.78 is -0.241. The molecule has 1 N–H and O–H groups in total. The third-order valence-corrected chi connectivity index (χ3v) is 6.93. The fourth-order valence-corrected chi connectivity index (χ4v) is 6.23. The molecule has 0 radical (unpaired) electrons. The number of carboxylic acid groups (broad SMARTS) is 1. The monoisotopic (exact) mass is 325 g/mol. The second kappa shape index (κ2) is 5.68. The van der Waals surface area contributed by atoms with Crippen LogP contribution in [0.5, 0.6) is 0 Å². The van der Waals surface area contributed by atoms with Crippen molar-refractivity contribution in [3.8, 4) is 0 Å². The van der Waals surface area contributed by atoms with Crippen molar-refractivity contribution < 1.29 is 9.90 Å². The average Bonchev–Trinajstić information content (AvgIpc) is 2.87. The maximum absolute atomic E-state index is 12.0. The number of benzene rings is 1. The van der Waals surface area contributed by atoms with Crippen LogP contribution in [0.25, 0.3) is 0 Å². The molecule has 0 saturated carbocycles. The first-order valence-corrected chi connectivity index (χ1v) is 8.94. The van der Waals surface area contributed by atoms with E-state index in [0.29, 0.717) is 0 Å². The Morgan fingerprint density at radius 3 is 2.91 bits per heavy atom. The fourth-order valence-electron chi connectivity index (χ4n) is 4.15. The molecule has 3 aliphatic rings. The van der Waals surface area contributed by atoms with Crippen LogP contribution in [-0.2, 0) is 11.2 Å². The van der Waals surface area contributed by atoms with Gasteiger partial charge in [0, 0.05) is 11.8 Å². The normalized spacial score (nSPS) is 34.6. The molecular weight excluding hydrogens is 306 g/mol. The number of hydrogen-bond acceptors (Lipinski definition) is 3. The van der Waals surface area contributed by atoms with E-state index in [9.17, 15) is 9.90 Å². The summed E-state index contributed by atoms with van der Waals surface area (Å²) >= 11 is 1.81. The van der Waals surface area contributed by atoms with E-state index >= 15 is 0 Å². The van der Waals surface area contributed by atoms with Gasteiger partial charge in [-0.15, -0.1) is 11.8 Å². The van der Waals surface area contributed by atoms with Crippen molar-refractivity contribution in [2.24, 2.45) is 16.8 Å². The van der Waals surface area contributed by atoms with Crippen LogP contribution in [-0.4, -0.2) is 33.3 Å². The first-order valence-electron chi connectivity index (χ1n) is 8.06. The quantitative estimate of drug-likeness (QED) is 0.927. The predicted octanol–water partition coefficient (Wildman–Crippen LogP) is 3.37. The zero-order valence-corrected chi connectivity index (χ0v) is 13.6. The van der Waals surface area contributed by atoms with Crippen LogP contribution in [0.2, 0.25) is 0 Å². The van der Waals surface area contributed by atoms with Crippen molar-refractivity contribution in [2.45, 2.75) is 22.8 Å². The molecule has 1 fully saturated rings. The molecule has 1 spiro atoms. The highest BCUT2D eigenvalue weighted by molar-refractivity contribution is 8.02. The molecule has 3 nitrogen and oxygen atoms in total. The van der Waals surface area contributed by atoms with Gasteiger partial charge in [-0.25, -0.2) is 0 Å². The number of allylic oxidation sites excluding steroid dienone is 3. The molecule has 1 aliphatic carbocycles. The lowest BCUT2D eigenvalue weighted by Gasteiger charge is -2.37. The Bertz CT molecular complexity index is 709. The second-order valence-electron chi connectivity index (χ2n) is 6.38. The lowest BCUT2D eigenvalue weighted by molar-refractivity contribution is -0.143. The highest BCUT2D eigenvalue weighted by Gasteiger charge is 2.58. The van der Waals surface area contributed by atoms with Crippen LogP contribution < -0.4 is 0 Å².